The van der Waals surface area contributed by atoms with E-state index in [-0.39, 0.29) is 24.0 Å². The molecule has 3 aliphatic rings. The van der Waals surface area contributed by atoms with E-state index >= 15 is 0 Å². The third-order valence-corrected chi connectivity index (χ3v) is 7.32. The smallest absolute Gasteiger partial charge is 0.271 e. The van der Waals surface area contributed by atoms with E-state index in [1.54, 1.807) is 29.2 Å². The first kappa shape index (κ1) is 26.1. The summed E-state index contributed by atoms with van der Waals surface area (Å²) in [5.74, 6) is 0.242. The van der Waals surface area contributed by atoms with Crippen molar-refractivity contribution in [3.8, 4) is 23.3 Å². The number of hydrogen-bond acceptors (Lipinski definition) is 5. The molecule has 2 N–H and O–H groups in total. The summed E-state index contributed by atoms with van der Waals surface area (Å²) in [6.45, 7) is 1.25. The lowest BCUT2D eigenvalue weighted by Gasteiger charge is -2.38. The molecule has 1 aromatic heterocycles. The first-order valence-electron chi connectivity index (χ1n) is 13.5. The number of amides is 2. The Morgan fingerprint density at radius 1 is 1.07 bits per heavy atom. The molecule has 2 amide bonds. The van der Waals surface area contributed by atoms with Gasteiger partial charge in [0.2, 0.25) is 5.91 Å². The summed E-state index contributed by atoms with van der Waals surface area (Å²) < 4.78 is 26.7. The lowest BCUT2D eigenvalue weighted by Crippen LogP contribution is -2.40. The molecule has 4 aromatic rings. The van der Waals surface area contributed by atoms with Crippen LogP contribution >= 0.6 is 0 Å². The van der Waals surface area contributed by atoms with Gasteiger partial charge in [0.05, 0.1) is 24.6 Å². The molecule has 4 heterocycles. The van der Waals surface area contributed by atoms with Crippen LogP contribution in [0.4, 0.5) is 4.39 Å². The summed E-state index contributed by atoms with van der Waals surface area (Å²) in [6.07, 6.45) is 2.78. The summed E-state index contributed by atoms with van der Waals surface area (Å²) in [4.78, 5) is 30.9. The second-order valence-corrected chi connectivity index (χ2v) is 10.1. The maximum atomic E-state index is 14.7. The SMILES string of the molecule is N#Cc1c[nH]c(C(=O)N2CCc3cc4ccc3C2c2cccc(c2)OCCCNC(=O)Cc2ccc(F)c(c2)O4)c1. The minimum atomic E-state index is -0.524. The van der Waals surface area contributed by atoms with Crippen LogP contribution in [-0.2, 0) is 17.6 Å². The van der Waals surface area contributed by atoms with Crippen LogP contribution in [0.1, 0.15) is 50.8 Å². The van der Waals surface area contributed by atoms with Gasteiger partial charge >= 0.3 is 0 Å². The molecular weight excluding hydrogens is 523 g/mol. The minimum Gasteiger partial charge on any atom is -0.494 e. The Balaban J connectivity index is 1.42. The van der Waals surface area contributed by atoms with Crippen molar-refractivity contribution >= 4 is 11.8 Å². The average molecular weight is 551 g/mol. The summed E-state index contributed by atoms with van der Waals surface area (Å²) in [6, 6.07) is 20.8. The largest absolute Gasteiger partial charge is 0.494 e. The van der Waals surface area contributed by atoms with Gasteiger partial charge in [-0.25, -0.2) is 4.39 Å². The second-order valence-electron chi connectivity index (χ2n) is 10.1. The predicted molar refractivity (Wildman–Crippen MR) is 148 cm³/mol. The number of fused-ring (bicyclic) bond motifs is 7. The number of nitrogens with one attached hydrogen (secondary N) is 2. The molecule has 0 saturated carbocycles. The van der Waals surface area contributed by atoms with Crippen molar-refractivity contribution in [2.45, 2.75) is 25.3 Å². The van der Waals surface area contributed by atoms with Crippen molar-refractivity contribution in [1.82, 2.24) is 15.2 Å². The second kappa shape index (κ2) is 11.2. The zero-order chi connectivity index (χ0) is 28.3. The molecule has 1 atom stereocenters. The highest BCUT2D eigenvalue weighted by molar-refractivity contribution is 5.93. The Morgan fingerprint density at radius 2 is 1.98 bits per heavy atom. The molecule has 0 fully saturated rings. The van der Waals surface area contributed by atoms with Crippen LogP contribution in [0.2, 0.25) is 0 Å². The molecule has 41 heavy (non-hydrogen) atoms. The number of rotatable bonds is 1. The van der Waals surface area contributed by atoms with Gasteiger partial charge in [0.1, 0.15) is 23.3 Å². The number of nitriles is 1. The number of ether oxygens (including phenoxy) is 2. The summed E-state index contributed by atoms with van der Waals surface area (Å²) in [5.41, 5.74) is 4.12. The summed E-state index contributed by atoms with van der Waals surface area (Å²) in [7, 11) is 0. The number of halogens is 1. The molecule has 0 aliphatic carbocycles. The van der Waals surface area contributed by atoms with E-state index in [4.69, 9.17) is 9.47 Å². The number of H-pyrrole nitrogens is 1. The number of hydrogen-bond donors (Lipinski definition) is 2. The number of nitrogens with zero attached hydrogens (tertiary/aromatic N) is 2. The number of carbonyl (C=O) groups is 2. The first-order valence-corrected chi connectivity index (χ1v) is 13.5. The normalized spacial score (nSPS) is 16.7. The van der Waals surface area contributed by atoms with Crippen molar-refractivity contribution in [1.29, 1.82) is 5.26 Å². The Hall–Kier alpha value is -5.10. The van der Waals surface area contributed by atoms with Crippen LogP contribution in [0.3, 0.4) is 0 Å². The minimum absolute atomic E-state index is 0.0403. The predicted octanol–water partition coefficient (Wildman–Crippen LogP) is 5.05. The Labute approximate surface area is 236 Å². The zero-order valence-electron chi connectivity index (χ0n) is 22.2. The van der Waals surface area contributed by atoms with Crippen LogP contribution in [0.15, 0.2) is 72.9 Å². The standard InChI is InChI=1S/C32H27FN4O4/c33-27-8-5-20-14-29(27)41-25-6-7-26-22(16-25)9-11-37(32(39)28-13-21(18-34)19-36-28)31(26)23-3-1-4-24(17-23)40-12-2-10-35-30(38)15-20/h1,3-8,13-14,16-17,19,31,36H,2,9-12,15H2,(H,35,38). The van der Waals surface area contributed by atoms with Crippen molar-refractivity contribution in [3.05, 3.63) is 112 Å². The average Bonchev–Trinajstić information content (AvgIpc) is 3.47. The van der Waals surface area contributed by atoms with E-state index in [0.29, 0.717) is 60.9 Å². The molecule has 1 unspecified atom stereocenters. The summed E-state index contributed by atoms with van der Waals surface area (Å²) in [5, 5.41) is 12.1. The van der Waals surface area contributed by atoms with Crippen LogP contribution in [0.25, 0.3) is 0 Å². The number of aromatic nitrogens is 1. The highest BCUT2D eigenvalue weighted by atomic mass is 19.1. The van der Waals surface area contributed by atoms with Gasteiger partial charge in [0.15, 0.2) is 11.6 Å². The third-order valence-electron chi connectivity index (χ3n) is 7.32. The monoisotopic (exact) mass is 550 g/mol. The molecule has 3 aliphatic heterocycles. The highest BCUT2D eigenvalue weighted by Crippen LogP contribution is 2.39. The highest BCUT2D eigenvalue weighted by Gasteiger charge is 2.34. The van der Waals surface area contributed by atoms with Gasteiger partial charge in [0.25, 0.3) is 5.91 Å². The van der Waals surface area contributed by atoms with Crippen LogP contribution < -0.4 is 14.8 Å². The molecule has 0 radical (unpaired) electrons. The van der Waals surface area contributed by atoms with Gasteiger partial charge in [-0.2, -0.15) is 5.26 Å². The Morgan fingerprint density at radius 3 is 2.83 bits per heavy atom. The van der Waals surface area contributed by atoms with Gasteiger partial charge in [0, 0.05) is 19.3 Å². The molecule has 8 bridgehead atoms. The topological polar surface area (TPSA) is 107 Å². The van der Waals surface area contributed by atoms with Crippen molar-refractivity contribution in [3.63, 3.8) is 0 Å². The third kappa shape index (κ3) is 5.50. The van der Waals surface area contributed by atoms with Gasteiger partial charge in [-0.3, -0.25) is 9.59 Å². The van der Waals surface area contributed by atoms with Crippen LogP contribution in [0.5, 0.6) is 17.2 Å². The van der Waals surface area contributed by atoms with Crippen LogP contribution in [-0.4, -0.2) is 41.4 Å². The van der Waals surface area contributed by atoms with E-state index < -0.39 is 11.9 Å². The summed E-state index contributed by atoms with van der Waals surface area (Å²) >= 11 is 0. The van der Waals surface area contributed by atoms with Crippen LogP contribution in [0, 0.1) is 17.1 Å². The molecule has 9 heteroatoms. The van der Waals surface area contributed by atoms with Gasteiger partial charge < -0.3 is 24.7 Å². The van der Waals surface area contributed by atoms with Crippen molar-refractivity contribution in [2.75, 3.05) is 19.7 Å². The van der Waals surface area contributed by atoms with E-state index in [9.17, 15) is 19.2 Å². The molecule has 3 aromatic carbocycles. The van der Waals surface area contributed by atoms with E-state index in [1.807, 2.05) is 36.4 Å². The zero-order valence-corrected chi connectivity index (χ0v) is 22.2. The number of benzene rings is 3. The molecule has 7 rings (SSSR count). The fraction of sp³-hybridized carbons (Fsp3) is 0.219. The molecule has 8 nitrogen and oxygen atoms in total. The quantitative estimate of drug-likeness (QED) is 0.345. The lowest BCUT2D eigenvalue weighted by molar-refractivity contribution is -0.120. The molecular formula is C32H27FN4O4. The number of carbonyl (C=O) groups excluding carboxylic acids is 2. The molecule has 0 spiro atoms. The fourth-order valence-corrected chi connectivity index (χ4v) is 5.36. The number of aromatic amines is 1. The van der Waals surface area contributed by atoms with Gasteiger partial charge in [-0.15, -0.1) is 0 Å². The Bertz CT molecular complexity index is 1670. The fourth-order valence-electron chi connectivity index (χ4n) is 5.36. The molecule has 0 saturated heterocycles. The van der Waals surface area contributed by atoms with Crippen molar-refractivity contribution < 1.29 is 23.5 Å². The first-order chi connectivity index (χ1) is 20.0. The molecule has 206 valence electrons. The maximum absolute atomic E-state index is 14.7. The van der Waals surface area contributed by atoms with E-state index in [0.717, 1.165) is 16.7 Å². The lowest BCUT2D eigenvalue weighted by atomic mass is 9.87. The van der Waals surface area contributed by atoms with Gasteiger partial charge in [-0.1, -0.05) is 24.3 Å². The van der Waals surface area contributed by atoms with E-state index in [2.05, 4.69) is 16.4 Å². The Kier molecular flexibility index (Phi) is 7.13. The maximum Gasteiger partial charge on any atom is 0.271 e. The van der Waals surface area contributed by atoms with Gasteiger partial charge in [-0.05, 0) is 77.6 Å². The van der Waals surface area contributed by atoms with E-state index in [1.165, 1.54) is 12.3 Å². The van der Waals surface area contributed by atoms with Crippen molar-refractivity contribution in [2.24, 2.45) is 0 Å².